The topological polar surface area (TPSA) is 24.7 Å². The highest BCUT2D eigenvalue weighted by atomic mass is 14.9. The van der Waals surface area contributed by atoms with Gasteiger partial charge in [-0.15, -0.1) is 0 Å². The van der Waals surface area contributed by atoms with E-state index in [-0.39, 0.29) is 0 Å². The summed E-state index contributed by atoms with van der Waals surface area (Å²) in [5.74, 6) is 0.698. The van der Waals surface area contributed by atoms with Gasteiger partial charge in [-0.2, -0.15) is 0 Å². The SMILES string of the molecule is Cc1ccc(C2=NC(c3ccccc3)=C=CC(c3ccccc3)=N2)cc1. The van der Waals surface area contributed by atoms with Crippen LogP contribution in [0.15, 0.2) is 107 Å². The minimum atomic E-state index is 0.698. The van der Waals surface area contributed by atoms with Crippen molar-refractivity contribution in [1.82, 2.24) is 0 Å². The van der Waals surface area contributed by atoms with Crippen LogP contribution in [0.2, 0.25) is 0 Å². The van der Waals surface area contributed by atoms with Gasteiger partial charge in [-0.05, 0) is 6.92 Å². The van der Waals surface area contributed by atoms with Gasteiger partial charge in [0.2, 0.25) is 0 Å². The minimum Gasteiger partial charge on any atom is -0.227 e. The average Bonchev–Trinajstić information content (AvgIpc) is 2.93. The van der Waals surface area contributed by atoms with Crippen molar-refractivity contribution in [3.05, 3.63) is 119 Å². The molecule has 1 aliphatic rings. The number of nitrogens with zero attached hydrogens (tertiary/aromatic N) is 2. The zero-order valence-electron chi connectivity index (χ0n) is 14.6. The molecule has 0 spiro atoms. The average molecular weight is 334 g/mol. The first kappa shape index (κ1) is 16.0. The summed E-state index contributed by atoms with van der Waals surface area (Å²) in [6, 6.07) is 28.5. The van der Waals surface area contributed by atoms with E-state index in [9.17, 15) is 0 Å². The molecule has 1 heterocycles. The highest BCUT2D eigenvalue weighted by Crippen LogP contribution is 2.20. The first-order valence-electron chi connectivity index (χ1n) is 8.61. The van der Waals surface area contributed by atoms with Gasteiger partial charge in [0.05, 0.1) is 5.71 Å². The van der Waals surface area contributed by atoms with E-state index < -0.39 is 0 Å². The Bertz CT molecular complexity index is 1030. The van der Waals surface area contributed by atoms with Gasteiger partial charge in [-0.1, -0.05) is 96.2 Å². The van der Waals surface area contributed by atoms with E-state index in [1.165, 1.54) is 5.56 Å². The van der Waals surface area contributed by atoms with E-state index >= 15 is 0 Å². The lowest BCUT2D eigenvalue weighted by molar-refractivity contribution is 1.42. The van der Waals surface area contributed by atoms with Gasteiger partial charge in [-0.3, -0.25) is 0 Å². The molecular formula is C24H18N2. The molecule has 0 radical (unpaired) electrons. The number of allylic oxidation sites excluding steroid dienone is 1. The van der Waals surface area contributed by atoms with Crippen LogP contribution >= 0.6 is 0 Å². The summed E-state index contributed by atoms with van der Waals surface area (Å²) in [6.45, 7) is 2.08. The first-order valence-corrected chi connectivity index (χ1v) is 8.61. The van der Waals surface area contributed by atoms with E-state index in [0.717, 1.165) is 28.1 Å². The molecule has 0 aromatic heterocycles. The van der Waals surface area contributed by atoms with Crippen LogP contribution in [-0.4, -0.2) is 11.5 Å². The second-order valence-corrected chi connectivity index (χ2v) is 6.17. The fourth-order valence-electron chi connectivity index (χ4n) is 2.78. The predicted molar refractivity (Wildman–Crippen MR) is 109 cm³/mol. The lowest BCUT2D eigenvalue weighted by Crippen LogP contribution is -2.03. The highest BCUT2D eigenvalue weighted by Gasteiger charge is 2.11. The molecule has 26 heavy (non-hydrogen) atoms. The molecule has 3 aromatic rings. The number of hydrogen-bond acceptors (Lipinski definition) is 2. The van der Waals surface area contributed by atoms with Crippen LogP contribution in [0.5, 0.6) is 0 Å². The van der Waals surface area contributed by atoms with Crippen LogP contribution in [0.25, 0.3) is 5.70 Å². The van der Waals surface area contributed by atoms with Crippen molar-refractivity contribution < 1.29 is 0 Å². The maximum atomic E-state index is 4.85. The molecule has 3 aromatic carbocycles. The van der Waals surface area contributed by atoms with E-state index in [4.69, 9.17) is 9.98 Å². The Labute approximate surface area is 153 Å². The van der Waals surface area contributed by atoms with E-state index in [1.54, 1.807) is 0 Å². The van der Waals surface area contributed by atoms with Crippen molar-refractivity contribution in [2.75, 3.05) is 0 Å². The molecule has 0 unspecified atom stereocenters. The van der Waals surface area contributed by atoms with Crippen molar-refractivity contribution in [3.63, 3.8) is 0 Å². The minimum absolute atomic E-state index is 0.698. The molecule has 2 nitrogen and oxygen atoms in total. The lowest BCUT2D eigenvalue weighted by atomic mass is 10.1. The molecular weight excluding hydrogens is 316 g/mol. The normalized spacial score (nSPS) is 13.5. The van der Waals surface area contributed by atoms with Crippen LogP contribution in [0.3, 0.4) is 0 Å². The molecule has 0 saturated heterocycles. The van der Waals surface area contributed by atoms with Crippen LogP contribution in [0, 0.1) is 6.92 Å². The third-order valence-corrected chi connectivity index (χ3v) is 4.22. The maximum Gasteiger partial charge on any atom is 0.161 e. The molecule has 0 fully saturated rings. The summed E-state index contributed by atoms with van der Waals surface area (Å²) >= 11 is 0. The van der Waals surface area contributed by atoms with Crippen molar-refractivity contribution >= 4 is 17.2 Å². The summed E-state index contributed by atoms with van der Waals surface area (Å²) in [6.07, 6.45) is 1.92. The lowest BCUT2D eigenvalue weighted by Gasteiger charge is -2.05. The second kappa shape index (κ2) is 7.18. The molecule has 0 bridgehead atoms. The highest BCUT2D eigenvalue weighted by molar-refractivity contribution is 6.18. The molecule has 124 valence electrons. The number of benzene rings is 3. The number of aliphatic imine (C=N–C) groups is 2. The Morgan fingerprint density at radius 3 is 1.88 bits per heavy atom. The van der Waals surface area contributed by atoms with Crippen molar-refractivity contribution in [2.24, 2.45) is 9.98 Å². The Hall–Kier alpha value is -3.48. The number of aryl methyl sites for hydroxylation is 1. The summed E-state index contributed by atoms with van der Waals surface area (Å²) in [5.41, 5.74) is 9.26. The third-order valence-electron chi connectivity index (χ3n) is 4.22. The van der Waals surface area contributed by atoms with Gasteiger partial charge in [0.25, 0.3) is 0 Å². The Kier molecular flexibility index (Phi) is 4.42. The van der Waals surface area contributed by atoms with Crippen molar-refractivity contribution in [1.29, 1.82) is 0 Å². The van der Waals surface area contributed by atoms with Crippen LogP contribution in [0.1, 0.15) is 22.3 Å². The fourth-order valence-corrected chi connectivity index (χ4v) is 2.78. The van der Waals surface area contributed by atoms with Crippen molar-refractivity contribution in [3.8, 4) is 0 Å². The number of hydrogen-bond donors (Lipinski definition) is 0. The standard InChI is InChI=1S/C24H18N2/c1-18-12-14-21(15-13-18)24-25-22(19-8-4-2-5-9-19)16-17-23(26-24)20-10-6-3-7-11-20/h2-16H,1H3. The first-order chi connectivity index (χ1) is 12.8. The molecule has 0 aliphatic carbocycles. The van der Waals surface area contributed by atoms with E-state index in [0.29, 0.717) is 5.84 Å². The molecule has 1 aliphatic heterocycles. The van der Waals surface area contributed by atoms with Crippen LogP contribution in [0.4, 0.5) is 0 Å². The van der Waals surface area contributed by atoms with Gasteiger partial charge >= 0.3 is 0 Å². The zero-order valence-corrected chi connectivity index (χ0v) is 14.6. The largest absolute Gasteiger partial charge is 0.227 e. The molecule has 0 saturated carbocycles. The van der Waals surface area contributed by atoms with Gasteiger partial charge in [0, 0.05) is 22.8 Å². The number of amidine groups is 1. The fraction of sp³-hybridized carbons (Fsp3) is 0.0417. The van der Waals surface area contributed by atoms with E-state index in [2.05, 4.69) is 49.1 Å². The Balaban J connectivity index is 1.87. The smallest absolute Gasteiger partial charge is 0.161 e. The summed E-state index contributed by atoms with van der Waals surface area (Å²) in [4.78, 5) is 9.67. The van der Waals surface area contributed by atoms with Gasteiger partial charge in [-0.25, -0.2) is 9.98 Å². The second-order valence-electron chi connectivity index (χ2n) is 6.17. The molecule has 4 rings (SSSR count). The molecule has 0 atom stereocenters. The Morgan fingerprint density at radius 2 is 1.23 bits per heavy atom. The quantitative estimate of drug-likeness (QED) is 0.570. The van der Waals surface area contributed by atoms with Crippen molar-refractivity contribution in [2.45, 2.75) is 6.92 Å². The summed E-state index contributed by atoms with van der Waals surface area (Å²) in [7, 11) is 0. The predicted octanol–water partition coefficient (Wildman–Crippen LogP) is 5.44. The number of rotatable bonds is 3. The van der Waals surface area contributed by atoms with Gasteiger partial charge < -0.3 is 0 Å². The summed E-state index contributed by atoms with van der Waals surface area (Å²) in [5, 5.41) is 0. The molecule has 2 heteroatoms. The van der Waals surface area contributed by atoms with Gasteiger partial charge in [0.1, 0.15) is 5.70 Å². The van der Waals surface area contributed by atoms with Crippen LogP contribution in [-0.2, 0) is 0 Å². The molecule has 0 N–H and O–H groups in total. The van der Waals surface area contributed by atoms with Crippen LogP contribution < -0.4 is 0 Å². The Morgan fingerprint density at radius 1 is 0.615 bits per heavy atom. The zero-order chi connectivity index (χ0) is 17.8. The monoisotopic (exact) mass is 334 g/mol. The maximum absolute atomic E-state index is 4.85. The molecule has 0 amide bonds. The van der Waals surface area contributed by atoms with Gasteiger partial charge in [0.15, 0.2) is 5.84 Å². The summed E-state index contributed by atoms with van der Waals surface area (Å²) < 4.78 is 0. The third kappa shape index (κ3) is 3.46. The van der Waals surface area contributed by atoms with E-state index in [1.807, 2.05) is 54.6 Å².